The summed E-state index contributed by atoms with van der Waals surface area (Å²) in [6.07, 6.45) is 2.28. The van der Waals surface area contributed by atoms with Crippen molar-refractivity contribution in [1.29, 1.82) is 0 Å². The van der Waals surface area contributed by atoms with Crippen molar-refractivity contribution >= 4 is 11.8 Å². The first-order valence-corrected chi connectivity index (χ1v) is 5.61. The van der Waals surface area contributed by atoms with Crippen LogP contribution in [0.2, 0.25) is 0 Å². The van der Waals surface area contributed by atoms with E-state index in [9.17, 15) is 4.79 Å². The number of carboxylic acid groups (broad SMARTS) is 1. The summed E-state index contributed by atoms with van der Waals surface area (Å²) in [6, 6.07) is 3.87. The van der Waals surface area contributed by atoms with Crippen molar-refractivity contribution in [2.45, 2.75) is 32.7 Å². The van der Waals surface area contributed by atoms with Crippen molar-refractivity contribution in [2.75, 3.05) is 11.4 Å². The van der Waals surface area contributed by atoms with E-state index in [0.29, 0.717) is 17.4 Å². The van der Waals surface area contributed by atoms with Crippen LogP contribution in [0, 0.1) is 6.92 Å². The molecule has 1 N–H and O–H groups in total. The lowest BCUT2D eigenvalue weighted by Gasteiger charge is -2.23. The Morgan fingerprint density at radius 3 is 2.75 bits per heavy atom. The van der Waals surface area contributed by atoms with Crippen LogP contribution >= 0.6 is 0 Å². The smallest absolute Gasteiger partial charge is 0.339 e. The summed E-state index contributed by atoms with van der Waals surface area (Å²) in [7, 11) is 0. The Kier molecular flexibility index (Phi) is 2.81. The molecule has 4 heteroatoms. The van der Waals surface area contributed by atoms with Crippen LogP contribution in [-0.4, -0.2) is 28.6 Å². The average Bonchev–Trinajstić information content (AvgIpc) is 3.03. The third kappa shape index (κ3) is 2.01. The highest BCUT2D eigenvalue weighted by Gasteiger charge is 2.31. The Morgan fingerprint density at radius 1 is 1.56 bits per heavy atom. The van der Waals surface area contributed by atoms with E-state index in [4.69, 9.17) is 5.11 Å². The Labute approximate surface area is 94.9 Å². The maximum Gasteiger partial charge on any atom is 0.339 e. The fourth-order valence-corrected chi connectivity index (χ4v) is 1.90. The number of carboxylic acids is 1. The van der Waals surface area contributed by atoms with Crippen LogP contribution in [0.25, 0.3) is 0 Å². The van der Waals surface area contributed by atoms with Gasteiger partial charge in [-0.05, 0) is 38.8 Å². The monoisotopic (exact) mass is 220 g/mol. The minimum atomic E-state index is -0.901. The number of nitrogens with zero attached hydrogens (tertiary/aromatic N) is 2. The number of aryl methyl sites for hydroxylation is 1. The van der Waals surface area contributed by atoms with Gasteiger partial charge in [0, 0.05) is 18.3 Å². The van der Waals surface area contributed by atoms with E-state index in [1.807, 2.05) is 13.8 Å². The van der Waals surface area contributed by atoms with Gasteiger partial charge in [0.15, 0.2) is 0 Å². The Hall–Kier alpha value is -1.58. The highest BCUT2D eigenvalue weighted by Crippen LogP contribution is 2.32. The summed E-state index contributed by atoms with van der Waals surface area (Å²) >= 11 is 0. The SMILES string of the molecule is CCN(c1nc(C)ccc1C(=O)O)C1CC1. The zero-order valence-electron chi connectivity index (χ0n) is 9.60. The van der Waals surface area contributed by atoms with Crippen LogP contribution in [0.1, 0.15) is 35.8 Å². The second kappa shape index (κ2) is 4.12. The van der Waals surface area contributed by atoms with Crippen LogP contribution in [-0.2, 0) is 0 Å². The molecule has 1 aromatic rings. The van der Waals surface area contributed by atoms with Crippen molar-refractivity contribution in [3.8, 4) is 0 Å². The summed E-state index contributed by atoms with van der Waals surface area (Å²) < 4.78 is 0. The highest BCUT2D eigenvalue weighted by molar-refractivity contribution is 5.93. The molecule has 16 heavy (non-hydrogen) atoms. The largest absolute Gasteiger partial charge is 0.478 e. The van der Waals surface area contributed by atoms with Crippen LogP contribution in [0.15, 0.2) is 12.1 Å². The maximum atomic E-state index is 11.1. The normalized spacial score (nSPS) is 14.9. The van der Waals surface area contributed by atoms with Crippen molar-refractivity contribution < 1.29 is 9.90 Å². The lowest BCUT2D eigenvalue weighted by atomic mass is 10.2. The molecule has 2 rings (SSSR count). The number of hydrogen-bond acceptors (Lipinski definition) is 3. The summed E-state index contributed by atoms with van der Waals surface area (Å²) in [5.74, 6) is -0.279. The van der Waals surface area contributed by atoms with Gasteiger partial charge in [0.25, 0.3) is 0 Å². The van der Waals surface area contributed by atoms with Gasteiger partial charge in [0.1, 0.15) is 11.4 Å². The maximum absolute atomic E-state index is 11.1. The molecule has 86 valence electrons. The van der Waals surface area contributed by atoms with Crippen LogP contribution < -0.4 is 4.90 Å². The third-order valence-electron chi connectivity index (χ3n) is 2.85. The first kappa shape index (κ1) is 10.9. The van der Waals surface area contributed by atoms with E-state index in [1.165, 1.54) is 0 Å². The molecule has 1 heterocycles. The lowest BCUT2D eigenvalue weighted by Crippen LogP contribution is -2.28. The number of hydrogen-bond donors (Lipinski definition) is 1. The summed E-state index contributed by atoms with van der Waals surface area (Å²) in [5, 5.41) is 9.14. The molecule has 1 saturated carbocycles. The van der Waals surface area contributed by atoms with Gasteiger partial charge in [-0.15, -0.1) is 0 Å². The van der Waals surface area contributed by atoms with Gasteiger partial charge >= 0.3 is 5.97 Å². The molecule has 0 atom stereocenters. The summed E-state index contributed by atoms with van der Waals surface area (Å²) in [5.41, 5.74) is 1.17. The van der Waals surface area contributed by atoms with Gasteiger partial charge in [-0.3, -0.25) is 0 Å². The fraction of sp³-hybridized carbons (Fsp3) is 0.500. The Morgan fingerprint density at radius 2 is 2.25 bits per heavy atom. The summed E-state index contributed by atoms with van der Waals surface area (Å²) in [6.45, 7) is 4.73. The van der Waals surface area contributed by atoms with E-state index in [-0.39, 0.29) is 0 Å². The molecule has 1 aromatic heterocycles. The van der Waals surface area contributed by atoms with Crippen molar-refractivity contribution in [2.24, 2.45) is 0 Å². The molecular weight excluding hydrogens is 204 g/mol. The summed E-state index contributed by atoms with van der Waals surface area (Å²) in [4.78, 5) is 17.6. The number of carbonyl (C=O) groups is 1. The molecule has 0 unspecified atom stereocenters. The predicted octanol–water partition coefficient (Wildman–Crippen LogP) is 2.08. The molecule has 1 aliphatic rings. The molecular formula is C12H16N2O2. The molecule has 1 aliphatic carbocycles. The molecule has 0 aromatic carbocycles. The third-order valence-corrected chi connectivity index (χ3v) is 2.85. The van der Waals surface area contributed by atoms with E-state index < -0.39 is 5.97 Å². The average molecular weight is 220 g/mol. The zero-order chi connectivity index (χ0) is 11.7. The van der Waals surface area contributed by atoms with Crippen LogP contribution in [0.4, 0.5) is 5.82 Å². The van der Waals surface area contributed by atoms with E-state index in [2.05, 4.69) is 9.88 Å². The number of aromatic carboxylic acids is 1. The predicted molar refractivity (Wildman–Crippen MR) is 62.0 cm³/mol. The van der Waals surface area contributed by atoms with Gasteiger partial charge in [0.2, 0.25) is 0 Å². The topological polar surface area (TPSA) is 53.4 Å². The minimum Gasteiger partial charge on any atom is -0.478 e. The van der Waals surface area contributed by atoms with Gasteiger partial charge in [0.05, 0.1) is 0 Å². The molecule has 1 fully saturated rings. The lowest BCUT2D eigenvalue weighted by molar-refractivity contribution is 0.0697. The highest BCUT2D eigenvalue weighted by atomic mass is 16.4. The Balaban J connectivity index is 2.42. The molecule has 0 amide bonds. The molecule has 0 aliphatic heterocycles. The molecule has 0 saturated heterocycles. The van der Waals surface area contributed by atoms with E-state index in [0.717, 1.165) is 25.1 Å². The van der Waals surface area contributed by atoms with Gasteiger partial charge < -0.3 is 10.0 Å². The second-order valence-electron chi connectivity index (χ2n) is 4.15. The van der Waals surface area contributed by atoms with Gasteiger partial charge in [-0.25, -0.2) is 9.78 Å². The molecule has 0 bridgehead atoms. The zero-order valence-corrected chi connectivity index (χ0v) is 9.60. The van der Waals surface area contributed by atoms with Crippen molar-refractivity contribution in [1.82, 2.24) is 4.98 Å². The first-order valence-electron chi connectivity index (χ1n) is 5.61. The fourth-order valence-electron chi connectivity index (χ4n) is 1.90. The number of anilines is 1. The Bertz CT molecular complexity index is 413. The van der Waals surface area contributed by atoms with E-state index >= 15 is 0 Å². The van der Waals surface area contributed by atoms with Crippen molar-refractivity contribution in [3.05, 3.63) is 23.4 Å². The molecule has 4 nitrogen and oxygen atoms in total. The van der Waals surface area contributed by atoms with Gasteiger partial charge in [-0.2, -0.15) is 0 Å². The second-order valence-corrected chi connectivity index (χ2v) is 4.15. The standard InChI is InChI=1S/C12H16N2O2/c1-3-14(9-5-6-9)11-10(12(15)16)7-4-8(2)13-11/h4,7,9H,3,5-6H2,1-2H3,(H,15,16). The number of aromatic nitrogens is 1. The molecule has 0 radical (unpaired) electrons. The quantitative estimate of drug-likeness (QED) is 0.844. The van der Waals surface area contributed by atoms with Gasteiger partial charge in [-0.1, -0.05) is 0 Å². The van der Waals surface area contributed by atoms with Crippen LogP contribution in [0.3, 0.4) is 0 Å². The van der Waals surface area contributed by atoms with Crippen molar-refractivity contribution in [3.63, 3.8) is 0 Å². The number of pyridine rings is 1. The number of rotatable bonds is 4. The molecule has 0 spiro atoms. The minimum absolute atomic E-state index is 0.305. The first-order chi connectivity index (χ1) is 7.63. The van der Waals surface area contributed by atoms with E-state index in [1.54, 1.807) is 12.1 Å². The van der Waals surface area contributed by atoms with Crippen LogP contribution in [0.5, 0.6) is 0 Å².